The van der Waals surface area contributed by atoms with Crippen molar-refractivity contribution in [1.29, 1.82) is 0 Å². The highest BCUT2D eigenvalue weighted by Gasteiger charge is 2.31. The lowest BCUT2D eigenvalue weighted by molar-refractivity contribution is -0.274. The van der Waals surface area contributed by atoms with E-state index in [9.17, 15) is 22.8 Å². The largest absolute Gasteiger partial charge is 0.573 e. The molecule has 9 heteroatoms. The topological polar surface area (TPSA) is 73.9 Å². The first-order chi connectivity index (χ1) is 14.4. The molecule has 0 saturated carbocycles. The Balaban J connectivity index is 2.08. The van der Waals surface area contributed by atoms with Gasteiger partial charge >= 0.3 is 18.4 Å². The van der Waals surface area contributed by atoms with Gasteiger partial charge in [0.2, 0.25) is 0 Å². The minimum atomic E-state index is -4.80. The molecule has 0 fully saturated rings. The molecule has 0 bridgehead atoms. The lowest BCUT2D eigenvalue weighted by atomic mass is 10.1. The van der Waals surface area contributed by atoms with Crippen LogP contribution in [0.3, 0.4) is 0 Å². The van der Waals surface area contributed by atoms with Crippen LogP contribution in [0.15, 0.2) is 54.6 Å². The molecule has 1 N–H and O–H groups in total. The van der Waals surface area contributed by atoms with E-state index in [1.165, 1.54) is 12.1 Å². The molecule has 1 atom stereocenters. The van der Waals surface area contributed by atoms with Crippen molar-refractivity contribution < 1.29 is 37.0 Å². The van der Waals surface area contributed by atoms with Crippen molar-refractivity contribution in [3.8, 4) is 5.75 Å². The van der Waals surface area contributed by atoms with Gasteiger partial charge in [0.05, 0.1) is 0 Å². The summed E-state index contributed by atoms with van der Waals surface area (Å²) in [5, 5.41) is 2.46. The molecule has 1 amide bonds. The maximum atomic E-state index is 12.6. The number of hydrogen-bond donors (Lipinski definition) is 1. The van der Waals surface area contributed by atoms with Crippen molar-refractivity contribution in [2.75, 3.05) is 0 Å². The summed E-state index contributed by atoms with van der Waals surface area (Å²) in [4.78, 5) is 24.8. The van der Waals surface area contributed by atoms with Gasteiger partial charge in [-0.25, -0.2) is 9.59 Å². The monoisotopic (exact) mass is 439 g/mol. The molecule has 0 heterocycles. The quantitative estimate of drug-likeness (QED) is 0.630. The van der Waals surface area contributed by atoms with Gasteiger partial charge in [-0.15, -0.1) is 13.2 Å². The minimum Gasteiger partial charge on any atom is -0.459 e. The van der Waals surface area contributed by atoms with Crippen molar-refractivity contribution in [3.63, 3.8) is 0 Å². The van der Waals surface area contributed by atoms with Crippen LogP contribution in [0, 0.1) is 0 Å². The minimum absolute atomic E-state index is 0.00450. The van der Waals surface area contributed by atoms with Crippen molar-refractivity contribution >= 4 is 12.1 Å². The summed E-state index contributed by atoms with van der Waals surface area (Å²) in [6.07, 6.45) is -5.63. The Labute approximate surface area is 178 Å². The molecule has 0 aliphatic carbocycles. The Morgan fingerprint density at radius 1 is 0.935 bits per heavy atom. The van der Waals surface area contributed by atoms with Crippen LogP contribution in [0.1, 0.15) is 31.9 Å². The number of amides is 1. The van der Waals surface area contributed by atoms with Crippen LogP contribution in [0.5, 0.6) is 5.75 Å². The molecule has 0 spiro atoms. The fourth-order valence-electron chi connectivity index (χ4n) is 2.54. The normalized spacial score (nSPS) is 12.6. The fraction of sp³-hybridized carbons (Fsp3) is 0.364. The van der Waals surface area contributed by atoms with Gasteiger partial charge in [-0.2, -0.15) is 0 Å². The zero-order valence-corrected chi connectivity index (χ0v) is 17.4. The number of carbonyl (C=O) groups is 2. The van der Waals surface area contributed by atoms with E-state index in [0.717, 1.165) is 17.7 Å². The van der Waals surface area contributed by atoms with E-state index in [1.54, 1.807) is 45.0 Å². The molecule has 6 nitrogen and oxygen atoms in total. The van der Waals surface area contributed by atoms with Crippen LogP contribution in [-0.2, 0) is 27.3 Å². The van der Waals surface area contributed by atoms with Crippen LogP contribution in [0.2, 0.25) is 0 Å². The molecule has 0 aliphatic heterocycles. The first kappa shape index (κ1) is 24.0. The number of esters is 1. The van der Waals surface area contributed by atoms with Crippen LogP contribution < -0.4 is 10.1 Å². The number of nitrogens with one attached hydrogen (secondary N) is 1. The molecule has 0 aliphatic rings. The fourth-order valence-corrected chi connectivity index (χ4v) is 2.54. The summed E-state index contributed by atoms with van der Waals surface area (Å²) in [5.41, 5.74) is 0.479. The molecule has 2 aromatic rings. The van der Waals surface area contributed by atoms with Crippen molar-refractivity contribution in [1.82, 2.24) is 5.32 Å². The highest BCUT2D eigenvalue weighted by molar-refractivity contribution is 5.81. The van der Waals surface area contributed by atoms with E-state index in [4.69, 9.17) is 9.47 Å². The molecule has 2 aromatic carbocycles. The van der Waals surface area contributed by atoms with Crippen molar-refractivity contribution in [2.24, 2.45) is 0 Å². The van der Waals surface area contributed by atoms with E-state index >= 15 is 0 Å². The summed E-state index contributed by atoms with van der Waals surface area (Å²) >= 11 is 0. The Morgan fingerprint density at radius 2 is 1.55 bits per heavy atom. The van der Waals surface area contributed by atoms with Gasteiger partial charge < -0.3 is 19.5 Å². The second-order valence-corrected chi connectivity index (χ2v) is 7.69. The molecule has 31 heavy (non-hydrogen) atoms. The highest BCUT2D eigenvalue weighted by Crippen LogP contribution is 2.23. The summed E-state index contributed by atoms with van der Waals surface area (Å²) in [5.74, 6) is -1.09. The Hall–Kier alpha value is -3.23. The maximum absolute atomic E-state index is 12.6. The lowest BCUT2D eigenvalue weighted by Gasteiger charge is -2.23. The van der Waals surface area contributed by atoms with Crippen LogP contribution >= 0.6 is 0 Å². The molecule has 2 rings (SSSR count). The molecular weight excluding hydrogens is 415 g/mol. The van der Waals surface area contributed by atoms with Gasteiger partial charge in [0, 0.05) is 6.42 Å². The summed E-state index contributed by atoms with van der Waals surface area (Å²) in [6, 6.07) is 12.9. The third-order valence-corrected chi connectivity index (χ3v) is 3.80. The van der Waals surface area contributed by atoms with Gasteiger partial charge in [0.15, 0.2) is 0 Å². The van der Waals surface area contributed by atoms with E-state index in [0.29, 0.717) is 5.56 Å². The van der Waals surface area contributed by atoms with Gasteiger partial charge in [-0.05, 0) is 44.0 Å². The molecular formula is C22H24F3NO5. The predicted molar refractivity (Wildman–Crippen MR) is 106 cm³/mol. The summed E-state index contributed by atoms with van der Waals surface area (Å²) in [6.45, 7) is 5.03. The molecule has 168 valence electrons. The molecule has 0 unspecified atom stereocenters. The predicted octanol–water partition coefficient (Wildman–Crippen LogP) is 4.76. The first-order valence-electron chi connectivity index (χ1n) is 9.46. The van der Waals surface area contributed by atoms with E-state index in [2.05, 4.69) is 10.1 Å². The second kappa shape index (κ2) is 10.2. The number of carbonyl (C=O) groups excluding carboxylic acids is 2. The highest BCUT2D eigenvalue weighted by atomic mass is 19.4. The van der Waals surface area contributed by atoms with Crippen LogP contribution in [-0.4, -0.2) is 30.1 Å². The zero-order chi connectivity index (χ0) is 23.1. The van der Waals surface area contributed by atoms with Crippen molar-refractivity contribution in [2.45, 2.75) is 51.8 Å². The van der Waals surface area contributed by atoms with E-state index in [-0.39, 0.29) is 18.8 Å². The number of rotatable bonds is 7. The number of hydrogen-bond acceptors (Lipinski definition) is 5. The first-order valence-corrected chi connectivity index (χ1v) is 9.46. The number of ether oxygens (including phenoxy) is 3. The average Bonchev–Trinajstić information content (AvgIpc) is 2.65. The molecule has 0 radical (unpaired) electrons. The molecule has 0 saturated heterocycles. The number of halogens is 3. The Kier molecular flexibility index (Phi) is 7.90. The lowest BCUT2D eigenvalue weighted by Crippen LogP contribution is -2.45. The summed E-state index contributed by atoms with van der Waals surface area (Å²) in [7, 11) is 0. The van der Waals surface area contributed by atoms with Gasteiger partial charge in [-0.1, -0.05) is 42.5 Å². The van der Waals surface area contributed by atoms with Crippen LogP contribution in [0.4, 0.5) is 18.0 Å². The average molecular weight is 439 g/mol. The van der Waals surface area contributed by atoms with Gasteiger partial charge in [0.25, 0.3) is 0 Å². The maximum Gasteiger partial charge on any atom is 0.573 e. The third kappa shape index (κ3) is 9.41. The van der Waals surface area contributed by atoms with Crippen molar-refractivity contribution in [3.05, 3.63) is 65.7 Å². The number of alkyl carbamates (subject to hydrolysis) is 1. The van der Waals surface area contributed by atoms with E-state index < -0.39 is 30.1 Å². The third-order valence-electron chi connectivity index (χ3n) is 3.80. The Morgan fingerprint density at radius 3 is 2.10 bits per heavy atom. The van der Waals surface area contributed by atoms with E-state index in [1.807, 2.05) is 6.07 Å². The summed E-state index contributed by atoms with van der Waals surface area (Å²) < 4.78 is 51.3. The second-order valence-electron chi connectivity index (χ2n) is 7.69. The smallest absolute Gasteiger partial charge is 0.459 e. The Bertz CT molecular complexity index is 861. The van der Waals surface area contributed by atoms with Crippen LogP contribution in [0.25, 0.3) is 0 Å². The number of benzene rings is 2. The number of alkyl halides is 3. The van der Waals surface area contributed by atoms with Gasteiger partial charge in [0.1, 0.15) is 24.0 Å². The zero-order valence-electron chi connectivity index (χ0n) is 17.4. The van der Waals surface area contributed by atoms with Gasteiger partial charge in [-0.3, -0.25) is 0 Å². The standard InChI is InChI=1S/C22H24F3NO5/c1-21(2,3)31-20(28)26-18(19(27)29-14-16-7-5-4-6-8-16)13-15-9-11-17(12-10-15)30-22(23,24)25/h4-12,18H,13-14H2,1-3H3,(H,26,28)/t18-/m0/s1. The molecule has 0 aromatic heterocycles. The SMILES string of the molecule is CC(C)(C)OC(=O)N[C@@H](Cc1ccc(OC(F)(F)F)cc1)C(=O)OCc1ccccc1.